The van der Waals surface area contributed by atoms with Crippen molar-refractivity contribution in [1.29, 1.82) is 0 Å². The highest BCUT2D eigenvalue weighted by molar-refractivity contribution is 6.33. The number of ether oxygens (including phenoxy) is 1. The number of aromatic nitrogens is 1. The summed E-state index contributed by atoms with van der Waals surface area (Å²) in [5.41, 5.74) is 1.20. The highest BCUT2D eigenvalue weighted by atomic mass is 35.5. The topological polar surface area (TPSA) is 71.5 Å². The number of aliphatic hydroxyl groups excluding tert-OH is 1. The molecule has 0 fully saturated rings. The summed E-state index contributed by atoms with van der Waals surface area (Å²) in [6.07, 6.45) is 2.94. The van der Waals surface area contributed by atoms with Gasteiger partial charge in [0, 0.05) is 24.5 Å². The standard InChI is InChI=1S/C15H15ClN2O3/c16-13-10-17-6-5-12(13)15(20)18-9-11-3-1-2-4-14(11)21-8-7-19/h1-6,10,19H,7-9H2,(H,18,20). The summed E-state index contributed by atoms with van der Waals surface area (Å²) in [5.74, 6) is 0.354. The molecule has 0 atom stereocenters. The zero-order valence-electron chi connectivity index (χ0n) is 11.3. The maximum absolute atomic E-state index is 12.1. The molecule has 0 saturated carbocycles. The van der Waals surface area contributed by atoms with Crippen LogP contribution in [0.1, 0.15) is 15.9 Å². The van der Waals surface area contributed by atoms with Crippen LogP contribution in [0.25, 0.3) is 0 Å². The first-order valence-electron chi connectivity index (χ1n) is 6.41. The number of aliphatic hydroxyl groups is 1. The maximum Gasteiger partial charge on any atom is 0.253 e. The summed E-state index contributed by atoms with van der Waals surface area (Å²) in [6, 6.07) is 8.88. The summed E-state index contributed by atoms with van der Waals surface area (Å²) >= 11 is 5.92. The largest absolute Gasteiger partial charge is 0.491 e. The minimum absolute atomic E-state index is 0.0622. The molecule has 6 heteroatoms. The van der Waals surface area contributed by atoms with Gasteiger partial charge in [-0.05, 0) is 12.1 Å². The molecule has 2 aromatic rings. The van der Waals surface area contributed by atoms with Crippen molar-refractivity contribution >= 4 is 17.5 Å². The normalized spacial score (nSPS) is 10.2. The van der Waals surface area contributed by atoms with Gasteiger partial charge in [0.25, 0.3) is 5.91 Å². The second-order valence-corrected chi connectivity index (χ2v) is 4.63. The van der Waals surface area contributed by atoms with Crippen LogP contribution in [0.15, 0.2) is 42.7 Å². The fourth-order valence-corrected chi connectivity index (χ4v) is 1.98. The molecule has 1 aromatic carbocycles. The van der Waals surface area contributed by atoms with E-state index in [2.05, 4.69) is 10.3 Å². The van der Waals surface area contributed by atoms with Crippen LogP contribution in [0.5, 0.6) is 5.75 Å². The molecule has 2 N–H and O–H groups in total. The average Bonchev–Trinajstić information content (AvgIpc) is 2.52. The van der Waals surface area contributed by atoms with Crippen molar-refractivity contribution in [2.45, 2.75) is 6.54 Å². The summed E-state index contributed by atoms with van der Waals surface area (Å²) in [7, 11) is 0. The number of nitrogens with one attached hydrogen (secondary N) is 1. The summed E-state index contributed by atoms with van der Waals surface area (Å²) in [5, 5.41) is 11.9. The number of carbonyl (C=O) groups excluding carboxylic acids is 1. The molecule has 0 bridgehead atoms. The molecule has 1 amide bonds. The van der Waals surface area contributed by atoms with E-state index in [1.807, 2.05) is 18.2 Å². The van der Waals surface area contributed by atoms with Gasteiger partial charge in [0.05, 0.1) is 17.2 Å². The highest BCUT2D eigenvalue weighted by Crippen LogP contribution is 2.18. The Labute approximate surface area is 127 Å². The predicted octanol–water partition coefficient (Wildman–Crippen LogP) is 2.04. The van der Waals surface area contributed by atoms with E-state index in [1.165, 1.54) is 12.4 Å². The van der Waals surface area contributed by atoms with Crippen molar-refractivity contribution in [2.75, 3.05) is 13.2 Å². The zero-order valence-corrected chi connectivity index (χ0v) is 12.0. The first-order chi connectivity index (χ1) is 10.2. The van der Waals surface area contributed by atoms with Gasteiger partial charge < -0.3 is 15.2 Å². The molecule has 2 rings (SSSR count). The highest BCUT2D eigenvalue weighted by Gasteiger charge is 2.10. The van der Waals surface area contributed by atoms with Crippen molar-refractivity contribution in [3.05, 3.63) is 58.9 Å². The van der Waals surface area contributed by atoms with Gasteiger partial charge in [0.2, 0.25) is 0 Å². The van der Waals surface area contributed by atoms with Gasteiger partial charge in [-0.1, -0.05) is 29.8 Å². The van der Waals surface area contributed by atoms with Gasteiger partial charge in [-0.2, -0.15) is 0 Å². The molecule has 1 heterocycles. The third-order valence-electron chi connectivity index (χ3n) is 2.78. The first-order valence-corrected chi connectivity index (χ1v) is 6.79. The molecule has 110 valence electrons. The van der Waals surface area contributed by atoms with Crippen LogP contribution >= 0.6 is 11.6 Å². The zero-order chi connectivity index (χ0) is 15.1. The summed E-state index contributed by atoms with van der Waals surface area (Å²) in [6.45, 7) is 0.452. The Hall–Kier alpha value is -2.11. The van der Waals surface area contributed by atoms with Gasteiger partial charge in [-0.15, -0.1) is 0 Å². The van der Waals surface area contributed by atoms with Crippen LogP contribution in [0.4, 0.5) is 0 Å². The Morgan fingerprint density at radius 3 is 2.90 bits per heavy atom. The van der Waals surface area contributed by atoms with Crippen LogP contribution in [-0.4, -0.2) is 29.2 Å². The smallest absolute Gasteiger partial charge is 0.253 e. The average molecular weight is 307 g/mol. The second-order valence-electron chi connectivity index (χ2n) is 4.22. The Bertz CT molecular complexity index is 619. The number of hydrogen-bond donors (Lipinski definition) is 2. The molecule has 0 aliphatic heterocycles. The van der Waals surface area contributed by atoms with E-state index in [9.17, 15) is 4.79 Å². The Morgan fingerprint density at radius 2 is 2.14 bits per heavy atom. The van der Waals surface area contributed by atoms with Crippen molar-refractivity contribution in [3.8, 4) is 5.75 Å². The third-order valence-corrected chi connectivity index (χ3v) is 3.08. The van der Waals surface area contributed by atoms with E-state index >= 15 is 0 Å². The van der Waals surface area contributed by atoms with Crippen molar-refractivity contribution in [3.63, 3.8) is 0 Å². The summed E-state index contributed by atoms with van der Waals surface area (Å²) < 4.78 is 5.41. The SMILES string of the molecule is O=C(NCc1ccccc1OCCO)c1ccncc1Cl. The number of benzene rings is 1. The quantitative estimate of drug-likeness (QED) is 0.856. The molecule has 1 aromatic heterocycles. The molecule has 21 heavy (non-hydrogen) atoms. The van der Waals surface area contributed by atoms with E-state index in [1.54, 1.807) is 12.1 Å². The lowest BCUT2D eigenvalue weighted by Crippen LogP contribution is -2.23. The van der Waals surface area contributed by atoms with Gasteiger partial charge in [-0.25, -0.2) is 0 Å². The van der Waals surface area contributed by atoms with Crippen molar-refractivity contribution in [2.24, 2.45) is 0 Å². The fraction of sp³-hybridized carbons (Fsp3) is 0.200. The Balaban J connectivity index is 2.03. The van der Waals surface area contributed by atoms with E-state index < -0.39 is 0 Å². The minimum Gasteiger partial charge on any atom is -0.491 e. The number of hydrogen-bond acceptors (Lipinski definition) is 4. The van der Waals surface area contributed by atoms with E-state index in [0.717, 1.165) is 5.56 Å². The Kier molecular flexibility index (Phi) is 5.54. The number of nitrogens with zero attached hydrogens (tertiary/aromatic N) is 1. The van der Waals surface area contributed by atoms with E-state index in [0.29, 0.717) is 22.9 Å². The molecule has 0 aliphatic rings. The lowest BCUT2D eigenvalue weighted by molar-refractivity contribution is 0.0950. The van der Waals surface area contributed by atoms with Gasteiger partial charge in [0.15, 0.2) is 0 Å². The number of amides is 1. The molecule has 0 unspecified atom stereocenters. The van der Waals surface area contributed by atoms with Crippen LogP contribution in [0, 0.1) is 0 Å². The number of para-hydroxylation sites is 1. The lowest BCUT2D eigenvalue weighted by atomic mass is 10.2. The van der Waals surface area contributed by atoms with Crippen molar-refractivity contribution in [1.82, 2.24) is 10.3 Å². The molecule has 0 radical (unpaired) electrons. The third kappa shape index (κ3) is 4.18. The van der Waals surface area contributed by atoms with Gasteiger partial charge in [0.1, 0.15) is 12.4 Å². The van der Waals surface area contributed by atoms with Crippen molar-refractivity contribution < 1.29 is 14.6 Å². The second kappa shape index (κ2) is 7.61. The minimum atomic E-state index is -0.278. The number of carbonyl (C=O) groups is 1. The number of halogens is 1. The molecular weight excluding hydrogens is 292 g/mol. The van der Waals surface area contributed by atoms with Crippen LogP contribution in [0.2, 0.25) is 5.02 Å². The molecule has 0 aliphatic carbocycles. The van der Waals surface area contributed by atoms with Gasteiger partial charge >= 0.3 is 0 Å². The van der Waals surface area contributed by atoms with E-state index in [-0.39, 0.29) is 19.1 Å². The van der Waals surface area contributed by atoms with E-state index in [4.69, 9.17) is 21.4 Å². The molecule has 0 saturated heterocycles. The Morgan fingerprint density at radius 1 is 1.33 bits per heavy atom. The monoisotopic (exact) mass is 306 g/mol. The maximum atomic E-state index is 12.1. The molecule has 0 spiro atoms. The number of pyridine rings is 1. The number of rotatable bonds is 6. The lowest BCUT2D eigenvalue weighted by Gasteiger charge is -2.11. The first kappa shape index (κ1) is 15.3. The predicted molar refractivity (Wildman–Crippen MR) is 79.4 cm³/mol. The molecule has 5 nitrogen and oxygen atoms in total. The van der Waals surface area contributed by atoms with Crippen LogP contribution < -0.4 is 10.1 Å². The molecular formula is C15H15ClN2O3. The van der Waals surface area contributed by atoms with Crippen LogP contribution in [-0.2, 0) is 6.54 Å². The van der Waals surface area contributed by atoms with Gasteiger partial charge in [-0.3, -0.25) is 9.78 Å². The van der Waals surface area contributed by atoms with Crippen LogP contribution in [0.3, 0.4) is 0 Å². The fourth-order valence-electron chi connectivity index (χ4n) is 1.78. The summed E-state index contributed by atoms with van der Waals surface area (Å²) in [4.78, 5) is 15.9.